The van der Waals surface area contributed by atoms with E-state index in [0.29, 0.717) is 17.2 Å². The number of benzene rings is 3. The van der Waals surface area contributed by atoms with Crippen molar-refractivity contribution in [3.05, 3.63) is 101 Å². The van der Waals surface area contributed by atoms with E-state index in [1.807, 2.05) is 86.6 Å². The Bertz CT molecular complexity index is 1120. The van der Waals surface area contributed by atoms with Crippen LogP contribution in [0.4, 0.5) is 0 Å². The molecule has 2 atom stereocenters. The maximum atomic E-state index is 13.6. The van der Waals surface area contributed by atoms with Crippen LogP contribution < -0.4 is 10.1 Å². The van der Waals surface area contributed by atoms with Gasteiger partial charge in [-0.25, -0.2) is 0 Å². The van der Waals surface area contributed by atoms with Crippen LogP contribution in [-0.2, 0) is 29.0 Å². The molecule has 3 aromatic carbocycles. The lowest BCUT2D eigenvalue weighted by molar-refractivity contribution is -0.143. The second-order valence-corrected chi connectivity index (χ2v) is 9.40. The third-order valence-corrected chi connectivity index (χ3v) is 6.44. The number of ether oxygens (including phenoxy) is 1. The number of hydrogen-bond donors (Lipinski definition) is 1. The van der Waals surface area contributed by atoms with Crippen LogP contribution in [0.3, 0.4) is 0 Å². The standard InChI is InChI=1S/C30H35ClN2O3/c1-4-22(3)32-30(35)28(19-24-10-7-6-8-11-24)33(20-25-12-9-13-26(31)18-25)29(34)21-36-27-16-14-23(5-2)15-17-27/h6-18,22,28H,4-5,19-21H2,1-3H3,(H,32,35)/t22-,28-/m0/s1. The summed E-state index contributed by atoms with van der Waals surface area (Å²) in [6.07, 6.45) is 2.11. The van der Waals surface area contributed by atoms with Crippen LogP contribution >= 0.6 is 11.6 Å². The van der Waals surface area contributed by atoms with Crippen molar-refractivity contribution in [1.29, 1.82) is 0 Å². The Morgan fingerprint density at radius 3 is 2.25 bits per heavy atom. The summed E-state index contributed by atoms with van der Waals surface area (Å²) in [6.45, 7) is 6.13. The lowest BCUT2D eigenvalue weighted by Crippen LogP contribution is -2.53. The number of amides is 2. The van der Waals surface area contributed by atoms with Gasteiger partial charge in [-0.05, 0) is 60.7 Å². The minimum Gasteiger partial charge on any atom is -0.484 e. The van der Waals surface area contributed by atoms with E-state index in [4.69, 9.17) is 16.3 Å². The van der Waals surface area contributed by atoms with Crippen molar-refractivity contribution in [1.82, 2.24) is 10.2 Å². The maximum absolute atomic E-state index is 13.6. The number of hydrogen-bond acceptors (Lipinski definition) is 3. The van der Waals surface area contributed by atoms with Crippen LogP contribution in [0.2, 0.25) is 5.02 Å². The molecule has 0 aliphatic heterocycles. The van der Waals surface area contributed by atoms with Gasteiger partial charge in [0.05, 0.1) is 0 Å². The summed E-state index contributed by atoms with van der Waals surface area (Å²) in [4.78, 5) is 28.7. The maximum Gasteiger partial charge on any atom is 0.261 e. The summed E-state index contributed by atoms with van der Waals surface area (Å²) in [5.74, 6) is 0.164. The molecule has 1 N–H and O–H groups in total. The minimum atomic E-state index is -0.709. The van der Waals surface area contributed by atoms with Crippen LogP contribution in [0.15, 0.2) is 78.9 Å². The zero-order valence-electron chi connectivity index (χ0n) is 21.2. The van der Waals surface area contributed by atoms with Crippen molar-refractivity contribution in [3.63, 3.8) is 0 Å². The first-order chi connectivity index (χ1) is 17.4. The molecule has 36 heavy (non-hydrogen) atoms. The van der Waals surface area contributed by atoms with Gasteiger partial charge in [0.2, 0.25) is 5.91 Å². The predicted octanol–water partition coefficient (Wildman–Crippen LogP) is 5.84. The van der Waals surface area contributed by atoms with Crippen LogP contribution in [0.25, 0.3) is 0 Å². The quantitative estimate of drug-likeness (QED) is 0.336. The van der Waals surface area contributed by atoms with Gasteiger partial charge in [0.1, 0.15) is 11.8 Å². The molecule has 0 saturated heterocycles. The Kier molecular flexibility index (Phi) is 10.4. The van der Waals surface area contributed by atoms with E-state index in [-0.39, 0.29) is 31.0 Å². The summed E-state index contributed by atoms with van der Waals surface area (Å²) in [6, 6.07) is 24.1. The molecule has 0 unspecified atom stereocenters. The summed E-state index contributed by atoms with van der Waals surface area (Å²) >= 11 is 6.23. The highest BCUT2D eigenvalue weighted by Crippen LogP contribution is 2.19. The van der Waals surface area contributed by atoms with Gasteiger partial charge in [0, 0.05) is 24.0 Å². The van der Waals surface area contributed by atoms with Gasteiger partial charge >= 0.3 is 0 Å². The molecule has 0 aliphatic carbocycles. The fourth-order valence-electron chi connectivity index (χ4n) is 3.88. The second kappa shape index (κ2) is 13.7. The van der Waals surface area contributed by atoms with Gasteiger partial charge in [0.15, 0.2) is 6.61 Å². The normalized spacial score (nSPS) is 12.4. The largest absolute Gasteiger partial charge is 0.484 e. The smallest absolute Gasteiger partial charge is 0.261 e. The Hall–Kier alpha value is -3.31. The van der Waals surface area contributed by atoms with E-state index >= 15 is 0 Å². The van der Waals surface area contributed by atoms with Gasteiger partial charge in [0.25, 0.3) is 5.91 Å². The Labute approximate surface area is 219 Å². The van der Waals surface area contributed by atoms with E-state index in [1.54, 1.807) is 11.0 Å². The summed E-state index contributed by atoms with van der Waals surface area (Å²) in [5.41, 5.74) is 3.01. The molecule has 0 bridgehead atoms. The SMILES string of the molecule is CCc1ccc(OCC(=O)N(Cc2cccc(Cl)c2)[C@@H](Cc2ccccc2)C(=O)N[C@@H](C)CC)cc1. The highest BCUT2D eigenvalue weighted by molar-refractivity contribution is 6.30. The van der Waals surface area contributed by atoms with Gasteiger partial charge in [-0.15, -0.1) is 0 Å². The topological polar surface area (TPSA) is 58.6 Å². The van der Waals surface area contributed by atoms with E-state index in [9.17, 15) is 9.59 Å². The number of aryl methyl sites for hydroxylation is 1. The molecule has 6 heteroatoms. The number of nitrogens with one attached hydrogen (secondary N) is 1. The molecule has 3 rings (SSSR count). The molecule has 0 heterocycles. The fourth-order valence-corrected chi connectivity index (χ4v) is 4.09. The monoisotopic (exact) mass is 506 g/mol. The molecule has 2 amide bonds. The molecular weight excluding hydrogens is 472 g/mol. The van der Waals surface area contributed by atoms with Gasteiger partial charge in [-0.1, -0.05) is 80.0 Å². The van der Waals surface area contributed by atoms with Crippen molar-refractivity contribution < 1.29 is 14.3 Å². The number of nitrogens with zero attached hydrogens (tertiary/aromatic N) is 1. The lowest BCUT2D eigenvalue weighted by Gasteiger charge is -2.32. The van der Waals surface area contributed by atoms with Crippen LogP contribution in [0.5, 0.6) is 5.75 Å². The molecule has 0 aromatic heterocycles. The highest BCUT2D eigenvalue weighted by Gasteiger charge is 2.31. The first-order valence-corrected chi connectivity index (χ1v) is 12.9. The van der Waals surface area contributed by atoms with Crippen LogP contribution in [0, 0.1) is 0 Å². The van der Waals surface area contributed by atoms with Gasteiger partial charge in [-0.3, -0.25) is 9.59 Å². The van der Waals surface area contributed by atoms with E-state index < -0.39 is 6.04 Å². The third-order valence-electron chi connectivity index (χ3n) is 6.21. The first kappa shape index (κ1) is 27.3. The Balaban J connectivity index is 1.89. The molecule has 190 valence electrons. The lowest BCUT2D eigenvalue weighted by atomic mass is 10.0. The summed E-state index contributed by atoms with van der Waals surface area (Å²) in [5, 5.41) is 3.65. The zero-order chi connectivity index (χ0) is 25.9. The van der Waals surface area contributed by atoms with Gasteiger partial charge < -0.3 is 15.0 Å². The van der Waals surface area contributed by atoms with Gasteiger partial charge in [-0.2, -0.15) is 0 Å². The molecule has 3 aromatic rings. The zero-order valence-corrected chi connectivity index (χ0v) is 22.0. The molecule has 0 saturated carbocycles. The number of carbonyl (C=O) groups is 2. The van der Waals surface area contributed by atoms with Crippen LogP contribution in [0.1, 0.15) is 43.9 Å². The van der Waals surface area contributed by atoms with Crippen LogP contribution in [-0.4, -0.2) is 35.4 Å². The molecule has 0 fully saturated rings. The van der Waals surface area contributed by atoms with Crippen molar-refractivity contribution in [2.45, 2.75) is 58.7 Å². The van der Waals surface area contributed by atoms with E-state index in [0.717, 1.165) is 24.0 Å². The Morgan fingerprint density at radius 2 is 1.61 bits per heavy atom. The van der Waals surface area contributed by atoms with Crippen molar-refractivity contribution >= 4 is 23.4 Å². The number of halogens is 1. The van der Waals surface area contributed by atoms with Crippen molar-refractivity contribution in [2.75, 3.05) is 6.61 Å². The third kappa shape index (κ3) is 8.13. The minimum absolute atomic E-state index is 0.00720. The summed E-state index contributed by atoms with van der Waals surface area (Å²) < 4.78 is 5.84. The summed E-state index contributed by atoms with van der Waals surface area (Å²) in [7, 11) is 0. The number of carbonyl (C=O) groups excluding carboxylic acids is 2. The van der Waals surface area contributed by atoms with Crippen molar-refractivity contribution in [2.24, 2.45) is 0 Å². The second-order valence-electron chi connectivity index (χ2n) is 8.96. The molecule has 0 radical (unpaired) electrons. The average molecular weight is 507 g/mol. The molecular formula is C30H35ClN2O3. The van der Waals surface area contributed by atoms with E-state index in [1.165, 1.54) is 5.56 Å². The molecule has 0 spiro atoms. The number of rotatable bonds is 12. The highest BCUT2D eigenvalue weighted by atomic mass is 35.5. The fraction of sp³-hybridized carbons (Fsp3) is 0.333. The molecule has 0 aliphatic rings. The van der Waals surface area contributed by atoms with E-state index in [2.05, 4.69) is 12.2 Å². The van der Waals surface area contributed by atoms with Crippen molar-refractivity contribution in [3.8, 4) is 5.75 Å². The molecule has 5 nitrogen and oxygen atoms in total. The Morgan fingerprint density at radius 1 is 0.917 bits per heavy atom. The predicted molar refractivity (Wildman–Crippen MR) is 145 cm³/mol. The average Bonchev–Trinajstić information content (AvgIpc) is 2.90. The first-order valence-electron chi connectivity index (χ1n) is 12.5.